The van der Waals surface area contributed by atoms with Crippen LogP contribution in [-0.2, 0) is 24.4 Å². The number of nitrogens with zero attached hydrogens (tertiary/aromatic N) is 4. The maximum absolute atomic E-state index is 14.1. The second kappa shape index (κ2) is 18.3. The van der Waals surface area contributed by atoms with E-state index in [0.717, 1.165) is 45.8 Å². The van der Waals surface area contributed by atoms with Gasteiger partial charge in [-0.05, 0) is 84.5 Å². The highest BCUT2D eigenvalue weighted by Gasteiger charge is 2.39. The molecule has 63 heavy (non-hydrogen) atoms. The molecule has 0 saturated carbocycles. The molecule has 4 aromatic rings. The Morgan fingerprint density at radius 2 is 1.59 bits per heavy atom. The highest BCUT2D eigenvalue weighted by atomic mass is 16.5. The summed E-state index contributed by atoms with van der Waals surface area (Å²) in [5.41, 5.74) is 8.72. The van der Waals surface area contributed by atoms with E-state index in [-0.39, 0.29) is 48.8 Å². The number of anilines is 3. The molecule has 326 valence electrons. The number of ether oxygens (including phenoxy) is 4. The van der Waals surface area contributed by atoms with Gasteiger partial charge in [0.15, 0.2) is 23.0 Å². The Balaban J connectivity index is 1.05. The fourth-order valence-corrected chi connectivity index (χ4v) is 8.89. The first-order chi connectivity index (χ1) is 30.5. The lowest BCUT2D eigenvalue weighted by Gasteiger charge is -2.24. The van der Waals surface area contributed by atoms with Crippen LogP contribution in [0.5, 0.6) is 23.0 Å². The molecular formula is C51H55N5O7. The Morgan fingerprint density at radius 3 is 2.27 bits per heavy atom. The molecule has 12 nitrogen and oxygen atoms in total. The molecule has 0 aliphatic carbocycles. The second-order valence-electron chi connectivity index (χ2n) is 16.7. The lowest BCUT2D eigenvalue weighted by molar-refractivity contribution is -0.121. The van der Waals surface area contributed by atoms with Gasteiger partial charge in [-0.2, -0.15) is 0 Å². The van der Waals surface area contributed by atoms with Crippen molar-refractivity contribution in [1.82, 2.24) is 4.90 Å². The smallest absolute Gasteiger partial charge is 0.261 e. The Bertz CT molecular complexity index is 2560. The molecule has 4 aliphatic rings. The number of fused-ring (bicyclic) bond motifs is 6. The summed E-state index contributed by atoms with van der Waals surface area (Å²) in [5, 5.41) is 3.50. The number of benzene rings is 4. The Morgan fingerprint density at radius 1 is 0.905 bits per heavy atom. The first-order valence-electron chi connectivity index (χ1n) is 21.6. The third-order valence-electron chi connectivity index (χ3n) is 12.2. The first-order valence-corrected chi connectivity index (χ1v) is 21.6. The average Bonchev–Trinajstić information content (AvgIpc) is 3.77. The van der Waals surface area contributed by atoms with Crippen molar-refractivity contribution < 1.29 is 33.3 Å². The van der Waals surface area contributed by atoms with Crippen molar-refractivity contribution in [1.29, 1.82) is 0 Å². The zero-order valence-corrected chi connectivity index (χ0v) is 36.9. The summed E-state index contributed by atoms with van der Waals surface area (Å²) in [6, 6.07) is 20.9. The SMILES string of the molecule is C=CC1=C(/C=C\C)C[C@H]2CNc3cc(OCc4cc(COc5cc6c(cc5OC)C(=O)N5c7ccccc7C[C@H]5C=N6)cc(N(C)CCCC(=O)C(C)C)c4)c(OC)cc3C(=O)N12. The Labute approximate surface area is 369 Å². The summed E-state index contributed by atoms with van der Waals surface area (Å²) in [4.78, 5) is 51.1. The molecule has 2 atom stereocenters. The number of hydrogen-bond donors (Lipinski definition) is 1. The lowest BCUT2D eigenvalue weighted by atomic mass is 10.0. The molecule has 4 heterocycles. The molecule has 0 saturated heterocycles. The molecule has 0 aromatic heterocycles. The van der Waals surface area contributed by atoms with Gasteiger partial charge in [0.1, 0.15) is 19.0 Å². The molecule has 8 rings (SSSR count). The van der Waals surface area contributed by atoms with E-state index in [1.807, 2.05) is 92.4 Å². The lowest BCUT2D eigenvalue weighted by Crippen LogP contribution is -2.37. The third kappa shape index (κ3) is 8.54. The van der Waals surface area contributed by atoms with Gasteiger partial charge in [0.25, 0.3) is 11.8 Å². The van der Waals surface area contributed by atoms with E-state index in [1.165, 1.54) is 0 Å². The van der Waals surface area contributed by atoms with Crippen LogP contribution >= 0.6 is 0 Å². The van der Waals surface area contributed by atoms with Crippen LogP contribution in [0.4, 0.5) is 22.7 Å². The second-order valence-corrected chi connectivity index (χ2v) is 16.7. The molecule has 0 bridgehead atoms. The van der Waals surface area contributed by atoms with E-state index in [9.17, 15) is 14.4 Å². The number of para-hydroxylation sites is 1. The summed E-state index contributed by atoms with van der Waals surface area (Å²) in [6.07, 6.45) is 10.3. The molecule has 0 fully saturated rings. The minimum atomic E-state index is -0.177. The van der Waals surface area contributed by atoms with Crippen LogP contribution in [0.1, 0.15) is 77.4 Å². The molecule has 1 N–H and O–H groups in total. The maximum Gasteiger partial charge on any atom is 0.261 e. The highest BCUT2D eigenvalue weighted by Crippen LogP contribution is 2.43. The normalized spacial score (nSPS) is 17.4. The van der Waals surface area contributed by atoms with Crippen molar-refractivity contribution in [3.05, 3.63) is 131 Å². The van der Waals surface area contributed by atoms with E-state index >= 15 is 0 Å². The average molecular weight is 850 g/mol. The number of rotatable bonds is 16. The molecule has 0 unspecified atom stereocenters. The fraction of sp³-hybridized carbons (Fsp3) is 0.333. The number of nitrogens with one attached hydrogen (secondary N) is 1. The van der Waals surface area contributed by atoms with E-state index in [4.69, 9.17) is 23.9 Å². The van der Waals surface area contributed by atoms with Gasteiger partial charge in [-0.25, -0.2) is 0 Å². The topological polar surface area (TPSA) is 122 Å². The Hall–Kier alpha value is -6.82. The van der Waals surface area contributed by atoms with Crippen molar-refractivity contribution in [2.45, 2.75) is 71.8 Å². The van der Waals surface area contributed by atoms with Crippen LogP contribution in [0.25, 0.3) is 0 Å². The highest BCUT2D eigenvalue weighted by molar-refractivity contribution is 6.14. The van der Waals surface area contributed by atoms with Gasteiger partial charge in [-0.15, -0.1) is 0 Å². The minimum absolute atomic E-state index is 0.00451. The van der Waals surface area contributed by atoms with Crippen LogP contribution in [0, 0.1) is 5.92 Å². The molecule has 12 heteroatoms. The zero-order chi connectivity index (χ0) is 44.4. The number of amides is 2. The minimum Gasteiger partial charge on any atom is -0.493 e. The summed E-state index contributed by atoms with van der Waals surface area (Å²) in [5.74, 6) is 1.79. The van der Waals surface area contributed by atoms with Gasteiger partial charge >= 0.3 is 0 Å². The van der Waals surface area contributed by atoms with Crippen molar-refractivity contribution in [2.75, 3.05) is 49.5 Å². The predicted octanol–water partition coefficient (Wildman–Crippen LogP) is 9.25. The number of carbonyl (C=O) groups excluding carboxylic acids is 3. The first kappa shape index (κ1) is 42.9. The van der Waals surface area contributed by atoms with Crippen molar-refractivity contribution in [3.63, 3.8) is 0 Å². The number of ketones is 1. The summed E-state index contributed by atoms with van der Waals surface area (Å²) in [7, 11) is 5.14. The Kier molecular flexibility index (Phi) is 12.4. The number of methoxy groups -OCH3 is 2. The van der Waals surface area contributed by atoms with E-state index in [1.54, 1.807) is 38.5 Å². The molecule has 0 spiro atoms. The van der Waals surface area contributed by atoms with Gasteiger partial charge in [-0.1, -0.05) is 50.8 Å². The number of Topliss-reactive ketones (excluding diaryl/α,β-unsaturated/α-hetero) is 1. The summed E-state index contributed by atoms with van der Waals surface area (Å²) >= 11 is 0. The molecule has 4 aromatic carbocycles. The molecule has 0 radical (unpaired) electrons. The van der Waals surface area contributed by atoms with Gasteiger partial charge in [0.05, 0.1) is 48.8 Å². The number of hydrogen-bond acceptors (Lipinski definition) is 10. The van der Waals surface area contributed by atoms with E-state index in [0.29, 0.717) is 77.9 Å². The molecular weight excluding hydrogens is 795 g/mol. The van der Waals surface area contributed by atoms with Crippen LogP contribution in [-0.4, -0.2) is 75.2 Å². The molecule has 2 amide bonds. The van der Waals surface area contributed by atoms with E-state index in [2.05, 4.69) is 28.9 Å². The number of aliphatic imine (C=N–C) groups is 1. The van der Waals surface area contributed by atoms with Gasteiger partial charge < -0.3 is 34.1 Å². The summed E-state index contributed by atoms with van der Waals surface area (Å²) in [6.45, 7) is 11.4. The van der Waals surface area contributed by atoms with Crippen LogP contribution in [0.3, 0.4) is 0 Å². The van der Waals surface area contributed by atoms with Crippen molar-refractivity contribution in [3.8, 4) is 23.0 Å². The van der Waals surface area contributed by atoms with Gasteiger partial charge in [0.2, 0.25) is 0 Å². The zero-order valence-electron chi connectivity index (χ0n) is 36.9. The van der Waals surface area contributed by atoms with Crippen LogP contribution < -0.4 is 34.1 Å². The monoisotopic (exact) mass is 849 g/mol. The van der Waals surface area contributed by atoms with Crippen molar-refractivity contribution in [2.24, 2.45) is 10.9 Å². The van der Waals surface area contributed by atoms with Crippen LogP contribution in [0.2, 0.25) is 0 Å². The standard InChI is InChI=1S/C51H55N5O7/c1-8-13-34-21-37-27-52-41-25-48(46(60-6)23-39(41)50(58)55(37)43(34)9-2)62-29-32-18-33(20-36(19-32)54(5)17-12-16-45(57)31(3)4)30-63-49-26-42-40(24-47(49)61-7)51(59)56-38(28-53-42)22-35-14-10-11-15-44(35)56/h8-11,13-15,18-20,23-26,28,31,37-38,52H,2,12,16-17,21-22,27,29-30H2,1,3-7H3/b13-8-/t37-,38-/m0/s1. The maximum atomic E-state index is 14.1. The summed E-state index contributed by atoms with van der Waals surface area (Å²) < 4.78 is 24.6. The van der Waals surface area contributed by atoms with E-state index < -0.39 is 0 Å². The molecule has 4 aliphatic heterocycles. The van der Waals surface area contributed by atoms with Gasteiger partial charge in [0, 0.05) is 74.3 Å². The fourth-order valence-electron chi connectivity index (χ4n) is 8.89. The third-order valence-corrected chi connectivity index (χ3v) is 12.2. The largest absolute Gasteiger partial charge is 0.493 e. The number of carbonyl (C=O) groups is 3. The van der Waals surface area contributed by atoms with Gasteiger partial charge in [-0.3, -0.25) is 24.3 Å². The van der Waals surface area contributed by atoms with Crippen molar-refractivity contribution >= 4 is 46.6 Å². The predicted molar refractivity (Wildman–Crippen MR) is 247 cm³/mol. The quantitative estimate of drug-likeness (QED) is 0.118. The number of allylic oxidation sites excluding steroid dienone is 3. The van der Waals surface area contributed by atoms with Crippen LogP contribution in [0.15, 0.2) is 108 Å².